The van der Waals surface area contributed by atoms with Gasteiger partial charge >= 0.3 is 10.2 Å². The molecule has 2 rings (SSSR count). The van der Waals surface area contributed by atoms with E-state index in [0.29, 0.717) is 16.7 Å². The summed E-state index contributed by atoms with van der Waals surface area (Å²) >= 11 is 0. The molecule has 1 heterocycles. The van der Waals surface area contributed by atoms with Crippen LogP contribution in [0.25, 0.3) is 21.5 Å². The molecule has 82 valence electrons. The SMILES string of the molecule is [N-]=[N+]=NS(=O)(=O)n1cnc2cc(N)ccc21. The summed E-state index contributed by atoms with van der Waals surface area (Å²) in [6, 6.07) is 4.55. The summed E-state index contributed by atoms with van der Waals surface area (Å²) in [5, 5.41) is 0. The Hall–Kier alpha value is -2.25. The fourth-order valence-electron chi connectivity index (χ4n) is 1.28. The average Bonchev–Trinajstić information content (AvgIpc) is 2.60. The largest absolute Gasteiger partial charge is 0.399 e. The first-order chi connectivity index (χ1) is 7.54. The van der Waals surface area contributed by atoms with Crippen molar-refractivity contribution in [3.8, 4) is 0 Å². The van der Waals surface area contributed by atoms with Gasteiger partial charge in [-0.15, -0.1) is 0 Å². The van der Waals surface area contributed by atoms with E-state index in [0.717, 1.165) is 10.3 Å². The third-order valence-corrected chi connectivity index (χ3v) is 2.99. The van der Waals surface area contributed by atoms with Gasteiger partial charge in [0, 0.05) is 10.6 Å². The Balaban J connectivity index is 2.77. The number of nitrogens with zero attached hydrogens (tertiary/aromatic N) is 5. The Morgan fingerprint density at radius 3 is 2.94 bits per heavy atom. The van der Waals surface area contributed by atoms with Crippen LogP contribution in [-0.4, -0.2) is 17.4 Å². The highest BCUT2D eigenvalue weighted by atomic mass is 32.2. The molecule has 0 aliphatic carbocycles. The van der Waals surface area contributed by atoms with Crippen molar-refractivity contribution in [2.75, 3.05) is 5.73 Å². The van der Waals surface area contributed by atoms with Crippen LogP contribution in [0.15, 0.2) is 29.0 Å². The molecule has 0 unspecified atom stereocenters. The molecule has 0 aliphatic heterocycles. The molecule has 16 heavy (non-hydrogen) atoms. The van der Waals surface area contributed by atoms with Gasteiger partial charge < -0.3 is 5.73 Å². The maximum absolute atomic E-state index is 11.5. The molecule has 0 spiro atoms. The molecule has 0 saturated heterocycles. The van der Waals surface area contributed by atoms with Gasteiger partial charge in [0.15, 0.2) is 0 Å². The van der Waals surface area contributed by atoms with Gasteiger partial charge in [0.2, 0.25) is 0 Å². The first-order valence-corrected chi connectivity index (χ1v) is 5.49. The number of azide groups is 1. The lowest BCUT2D eigenvalue weighted by Crippen LogP contribution is -2.06. The van der Waals surface area contributed by atoms with Crippen molar-refractivity contribution >= 4 is 26.9 Å². The molecule has 9 heteroatoms. The molecule has 0 atom stereocenters. The molecule has 0 aliphatic rings. The number of hydrogen-bond acceptors (Lipinski definition) is 4. The summed E-state index contributed by atoms with van der Waals surface area (Å²) in [4.78, 5) is 6.10. The van der Waals surface area contributed by atoms with Crippen molar-refractivity contribution in [2.24, 2.45) is 4.52 Å². The Bertz CT molecular complexity index is 697. The minimum Gasteiger partial charge on any atom is -0.399 e. The molecule has 0 fully saturated rings. The molecule has 0 saturated carbocycles. The topological polar surface area (TPSA) is 127 Å². The highest BCUT2D eigenvalue weighted by Crippen LogP contribution is 2.18. The predicted octanol–water partition coefficient (Wildman–Crippen LogP) is 1.02. The summed E-state index contributed by atoms with van der Waals surface area (Å²) in [6.45, 7) is 0. The van der Waals surface area contributed by atoms with E-state index in [-0.39, 0.29) is 0 Å². The van der Waals surface area contributed by atoms with Gasteiger partial charge in [-0.05, 0) is 23.7 Å². The van der Waals surface area contributed by atoms with Crippen molar-refractivity contribution in [2.45, 2.75) is 0 Å². The Morgan fingerprint density at radius 1 is 1.50 bits per heavy atom. The zero-order chi connectivity index (χ0) is 11.8. The smallest absolute Gasteiger partial charge is 0.329 e. The normalized spacial score (nSPS) is 11.2. The van der Waals surface area contributed by atoms with Gasteiger partial charge in [-0.1, -0.05) is 0 Å². The maximum atomic E-state index is 11.5. The maximum Gasteiger partial charge on any atom is 0.329 e. The number of imidazole rings is 1. The third-order valence-electron chi connectivity index (χ3n) is 1.93. The van der Waals surface area contributed by atoms with E-state index >= 15 is 0 Å². The van der Waals surface area contributed by atoms with Gasteiger partial charge in [-0.2, -0.15) is 8.42 Å². The van der Waals surface area contributed by atoms with Gasteiger partial charge in [-0.3, -0.25) is 0 Å². The van der Waals surface area contributed by atoms with Crippen molar-refractivity contribution < 1.29 is 8.42 Å². The second-order valence-electron chi connectivity index (χ2n) is 2.94. The number of anilines is 1. The predicted molar refractivity (Wildman–Crippen MR) is 57.6 cm³/mol. The molecule has 0 amide bonds. The number of nitrogen functional groups attached to an aromatic ring is 1. The second-order valence-corrected chi connectivity index (χ2v) is 4.39. The van der Waals surface area contributed by atoms with Crippen molar-refractivity contribution in [3.63, 3.8) is 0 Å². The third kappa shape index (κ3) is 1.53. The summed E-state index contributed by atoms with van der Waals surface area (Å²) in [6.07, 6.45) is 1.06. The Kier molecular flexibility index (Phi) is 2.18. The first kappa shape index (κ1) is 10.3. The summed E-state index contributed by atoms with van der Waals surface area (Å²) in [5.74, 6) is 0. The lowest BCUT2D eigenvalue weighted by atomic mass is 10.3. The van der Waals surface area contributed by atoms with Crippen LogP contribution in [0.3, 0.4) is 0 Å². The standard InChI is InChI=1S/C7H6N6O2S/c8-5-1-2-7-6(3-5)10-4-13(7)16(14,15)12-11-9/h1-4H,8H2. The quantitative estimate of drug-likeness (QED) is 0.362. The van der Waals surface area contributed by atoms with Crippen LogP contribution in [0.5, 0.6) is 0 Å². The lowest BCUT2D eigenvalue weighted by Gasteiger charge is -1.99. The van der Waals surface area contributed by atoms with E-state index in [1.807, 2.05) is 0 Å². The van der Waals surface area contributed by atoms with E-state index in [1.54, 1.807) is 0 Å². The summed E-state index contributed by atoms with van der Waals surface area (Å²) < 4.78 is 26.4. The number of aromatic nitrogens is 2. The Labute approximate surface area is 90.1 Å². The Morgan fingerprint density at radius 2 is 2.25 bits per heavy atom. The van der Waals surface area contributed by atoms with Crippen LogP contribution in [-0.2, 0) is 10.2 Å². The van der Waals surface area contributed by atoms with Gasteiger partial charge in [-0.25, -0.2) is 8.96 Å². The van der Waals surface area contributed by atoms with Gasteiger partial charge in [0.25, 0.3) is 0 Å². The minimum absolute atomic E-state index is 0.307. The van der Waals surface area contributed by atoms with Crippen molar-refractivity contribution in [3.05, 3.63) is 35.0 Å². The number of rotatable bonds is 2. The molecule has 2 aromatic rings. The number of benzene rings is 1. The fraction of sp³-hybridized carbons (Fsp3) is 0. The van der Waals surface area contributed by atoms with Gasteiger partial charge in [0.05, 0.1) is 15.6 Å². The van der Waals surface area contributed by atoms with Crippen LogP contribution in [0, 0.1) is 0 Å². The van der Waals surface area contributed by atoms with E-state index in [9.17, 15) is 8.42 Å². The molecule has 2 N–H and O–H groups in total. The molecule has 0 bridgehead atoms. The van der Waals surface area contributed by atoms with Crippen molar-refractivity contribution in [1.29, 1.82) is 0 Å². The van der Waals surface area contributed by atoms with E-state index < -0.39 is 10.2 Å². The van der Waals surface area contributed by atoms with Crippen LogP contribution in [0.2, 0.25) is 0 Å². The van der Waals surface area contributed by atoms with Crippen LogP contribution in [0.1, 0.15) is 0 Å². The summed E-state index contributed by atoms with van der Waals surface area (Å²) in [5.41, 5.74) is 14.9. The highest BCUT2D eigenvalue weighted by Gasteiger charge is 2.14. The van der Waals surface area contributed by atoms with E-state index in [1.165, 1.54) is 18.2 Å². The molecular weight excluding hydrogens is 232 g/mol. The number of fused-ring (bicyclic) bond motifs is 1. The van der Waals surface area contributed by atoms with Crippen molar-refractivity contribution in [1.82, 2.24) is 8.96 Å². The molecular formula is C7H6N6O2S. The number of nitrogens with two attached hydrogens (primary N) is 1. The van der Waals surface area contributed by atoms with Crippen LogP contribution >= 0.6 is 0 Å². The minimum atomic E-state index is -4.08. The zero-order valence-corrected chi connectivity index (χ0v) is 8.66. The monoisotopic (exact) mass is 238 g/mol. The zero-order valence-electron chi connectivity index (χ0n) is 7.85. The van der Waals surface area contributed by atoms with Crippen LogP contribution in [0.4, 0.5) is 5.69 Å². The average molecular weight is 238 g/mol. The molecule has 8 nitrogen and oxygen atoms in total. The summed E-state index contributed by atoms with van der Waals surface area (Å²) in [7, 11) is -4.08. The van der Waals surface area contributed by atoms with E-state index in [4.69, 9.17) is 11.3 Å². The molecule has 0 radical (unpaired) electrons. The number of hydrogen-bond donors (Lipinski definition) is 1. The van der Waals surface area contributed by atoms with Gasteiger partial charge in [0.1, 0.15) is 6.33 Å². The first-order valence-electron chi connectivity index (χ1n) is 4.09. The lowest BCUT2D eigenvalue weighted by molar-refractivity contribution is 0.590. The highest BCUT2D eigenvalue weighted by molar-refractivity contribution is 7.88. The van der Waals surface area contributed by atoms with E-state index in [2.05, 4.69) is 14.4 Å². The fourth-order valence-corrected chi connectivity index (χ4v) is 2.02. The molecule has 1 aromatic carbocycles. The molecule has 1 aromatic heterocycles. The second kappa shape index (κ2) is 3.40. The van der Waals surface area contributed by atoms with Crippen LogP contribution < -0.4 is 5.73 Å².